The predicted octanol–water partition coefficient (Wildman–Crippen LogP) is 5.12. The van der Waals surface area contributed by atoms with E-state index in [0.717, 1.165) is 44.1 Å². The van der Waals surface area contributed by atoms with Gasteiger partial charge in [-0.15, -0.1) is 0 Å². The van der Waals surface area contributed by atoms with Crippen LogP contribution in [-0.4, -0.2) is 58.9 Å². The monoisotopic (exact) mass is 512 g/mol. The number of allylic oxidation sites excluding steroid dienone is 3. The molecular formula is C31H44O6. The first-order chi connectivity index (χ1) is 17.8. The fourth-order valence-corrected chi connectivity index (χ4v) is 5.90. The van der Waals surface area contributed by atoms with E-state index in [9.17, 15) is 15.0 Å². The molecule has 2 N–H and O–H groups in total. The lowest BCUT2D eigenvalue weighted by Gasteiger charge is -2.28. The van der Waals surface area contributed by atoms with E-state index in [4.69, 9.17) is 14.2 Å². The molecule has 6 heteroatoms. The molecule has 0 saturated carbocycles. The Labute approximate surface area is 221 Å². The smallest absolute Gasteiger partial charge is 0.330 e. The van der Waals surface area contributed by atoms with Gasteiger partial charge in [-0.1, -0.05) is 61.1 Å². The summed E-state index contributed by atoms with van der Waals surface area (Å²) < 4.78 is 17.7. The Morgan fingerprint density at radius 3 is 2.78 bits per heavy atom. The molecule has 204 valence electrons. The zero-order chi connectivity index (χ0) is 26.4. The molecule has 0 aromatic heterocycles. The van der Waals surface area contributed by atoms with E-state index in [0.29, 0.717) is 31.1 Å². The molecule has 0 amide bonds. The number of aliphatic hydroxyl groups is 2. The van der Waals surface area contributed by atoms with Gasteiger partial charge >= 0.3 is 5.97 Å². The number of aliphatic hydroxyl groups excluding tert-OH is 2. The Morgan fingerprint density at radius 1 is 1.14 bits per heavy atom. The fourth-order valence-electron chi connectivity index (χ4n) is 5.90. The molecule has 2 bridgehead atoms. The van der Waals surface area contributed by atoms with Crippen molar-refractivity contribution in [2.24, 2.45) is 11.8 Å². The number of carbonyl (C=O) groups excluding carboxylic acids is 1. The Kier molecular flexibility index (Phi) is 9.99. The maximum Gasteiger partial charge on any atom is 0.330 e. The van der Waals surface area contributed by atoms with E-state index < -0.39 is 24.3 Å². The van der Waals surface area contributed by atoms with E-state index in [1.165, 1.54) is 11.6 Å². The van der Waals surface area contributed by atoms with Crippen LogP contribution in [0.2, 0.25) is 0 Å². The summed E-state index contributed by atoms with van der Waals surface area (Å²) in [5, 5.41) is 21.7. The maximum absolute atomic E-state index is 12.7. The van der Waals surface area contributed by atoms with Crippen molar-refractivity contribution in [2.75, 3.05) is 0 Å². The number of fused-ring (bicyclic) bond motifs is 3. The molecule has 1 aliphatic carbocycles. The van der Waals surface area contributed by atoms with Crippen LogP contribution in [0.5, 0.6) is 0 Å². The van der Waals surface area contributed by atoms with Gasteiger partial charge in [0, 0.05) is 12.5 Å². The molecule has 6 nitrogen and oxygen atoms in total. The second kappa shape index (κ2) is 13.2. The van der Waals surface area contributed by atoms with E-state index in [1.807, 2.05) is 6.08 Å². The fraction of sp³-hybridized carbons (Fsp3) is 0.645. The van der Waals surface area contributed by atoms with Crippen LogP contribution in [0.15, 0.2) is 60.3 Å². The summed E-state index contributed by atoms with van der Waals surface area (Å²) in [6.07, 6.45) is 17.7. The van der Waals surface area contributed by atoms with E-state index in [1.54, 1.807) is 12.2 Å². The molecule has 4 aliphatic rings. The number of hydrogen-bond donors (Lipinski definition) is 2. The second-order valence-corrected chi connectivity index (χ2v) is 11.5. The van der Waals surface area contributed by atoms with E-state index in [2.05, 4.69) is 38.7 Å². The number of hydrogen-bond acceptors (Lipinski definition) is 6. The third kappa shape index (κ3) is 8.78. The maximum atomic E-state index is 12.7. The molecule has 3 heterocycles. The van der Waals surface area contributed by atoms with Crippen LogP contribution < -0.4 is 0 Å². The van der Waals surface area contributed by atoms with Gasteiger partial charge in [-0.05, 0) is 70.1 Å². The molecule has 0 radical (unpaired) electrons. The highest BCUT2D eigenvalue weighted by atomic mass is 16.6. The number of esters is 1. The topological polar surface area (TPSA) is 88.5 Å². The molecule has 37 heavy (non-hydrogen) atoms. The van der Waals surface area contributed by atoms with Crippen LogP contribution in [0, 0.1) is 11.8 Å². The molecule has 4 rings (SSSR count). The minimum Gasteiger partial charge on any atom is -0.456 e. The van der Waals surface area contributed by atoms with Gasteiger partial charge in [-0.3, -0.25) is 0 Å². The minimum atomic E-state index is -0.947. The molecule has 9 atom stereocenters. The van der Waals surface area contributed by atoms with Gasteiger partial charge in [0.25, 0.3) is 0 Å². The van der Waals surface area contributed by atoms with Crippen molar-refractivity contribution < 1.29 is 29.2 Å². The number of ether oxygens (including phenoxy) is 3. The number of carbonyl (C=O) groups is 1. The lowest BCUT2D eigenvalue weighted by molar-refractivity contribution is -0.148. The Balaban J connectivity index is 1.44. The van der Waals surface area contributed by atoms with Crippen molar-refractivity contribution in [3.05, 3.63) is 60.3 Å². The third-order valence-electron chi connectivity index (χ3n) is 7.85. The average Bonchev–Trinajstić information content (AvgIpc) is 3.61. The summed E-state index contributed by atoms with van der Waals surface area (Å²) in [6.45, 7) is 8.54. The summed E-state index contributed by atoms with van der Waals surface area (Å²) in [6, 6.07) is 0. The van der Waals surface area contributed by atoms with Crippen LogP contribution in [-0.2, 0) is 19.0 Å². The number of rotatable bonds is 3. The van der Waals surface area contributed by atoms with Crippen LogP contribution >= 0.6 is 0 Å². The summed E-state index contributed by atoms with van der Waals surface area (Å²) in [7, 11) is 0. The minimum absolute atomic E-state index is 0.0724. The quantitative estimate of drug-likeness (QED) is 0.310. The van der Waals surface area contributed by atoms with Gasteiger partial charge in [-0.2, -0.15) is 0 Å². The van der Waals surface area contributed by atoms with Gasteiger partial charge in [0.15, 0.2) is 0 Å². The zero-order valence-corrected chi connectivity index (χ0v) is 22.3. The second-order valence-electron chi connectivity index (χ2n) is 11.5. The largest absolute Gasteiger partial charge is 0.456 e. The van der Waals surface area contributed by atoms with Crippen LogP contribution in [0.1, 0.15) is 71.6 Å². The molecule has 1 unspecified atom stereocenters. The first kappa shape index (κ1) is 28.0. The van der Waals surface area contributed by atoms with Crippen LogP contribution in [0.25, 0.3) is 0 Å². The third-order valence-corrected chi connectivity index (χ3v) is 7.85. The highest BCUT2D eigenvalue weighted by Gasteiger charge is 2.46. The summed E-state index contributed by atoms with van der Waals surface area (Å²) in [5.74, 6) is 0.278. The van der Waals surface area contributed by atoms with Gasteiger partial charge in [0.1, 0.15) is 18.3 Å². The molecule has 0 aromatic rings. The molecule has 1 fully saturated rings. The summed E-state index contributed by atoms with van der Waals surface area (Å²) >= 11 is 0. The van der Waals surface area contributed by atoms with Crippen LogP contribution in [0.3, 0.4) is 0 Å². The SMILES string of the molecule is C=C1C[C@H](C)C[C@@H]2CC=C[C@@H](C/C=C\C(=O)O[C@H]([C@@H](O)/C=C/C3CCC=C(C)C3)C[C@@H]3O[C@H]3[C@@H](O)C1)O2. The summed E-state index contributed by atoms with van der Waals surface area (Å²) in [5.41, 5.74) is 2.37. The normalized spacial score (nSPS) is 39.6. The molecule has 0 aromatic carbocycles. The molecule has 1 saturated heterocycles. The van der Waals surface area contributed by atoms with E-state index >= 15 is 0 Å². The Morgan fingerprint density at radius 2 is 1.97 bits per heavy atom. The van der Waals surface area contributed by atoms with Crippen molar-refractivity contribution in [2.45, 2.75) is 114 Å². The molecular weight excluding hydrogens is 468 g/mol. The van der Waals surface area contributed by atoms with Crippen molar-refractivity contribution in [1.29, 1.82) is 0 Å². The van der Waals surface area contributed by atoms with Gasteiger partial charge in [-0.25, -0.2) is 4.79 Å². The first-order valence-corrected chi connectivity index (χ1v) is 14.0. The number of cyclic esters (lactones) is 1. The van der Waals surface area contributed by atoms with Gasteiger partial charge < -0.3 is 24.4 Å². The van der Waals surface area contributed by atoms with Crippen molar-refractivity contribution >= 4 is 5.97 Å². The first-order valence-electron chi connectivity index (χ1n) is 14.0. The highest BCUT2D eigenvalue weighted by molar-refractivity contribution is 5.82. The van der Waals surface area contributed by atoms with E-state index in [-0.39, 0.29) is 24.4 Å². The molecule has 3 aliphatic heterocycles. The lowest BCUT2D eigenvalue weighted by atomic mass is 9.88. The predicted molar refractivity (Wildman–Crippen MR) is 144 cm³/mol. The van der Waals surface area contributed by atoms with Gasteiger partial charge in [0.05, 0.1) is 24.4 Å². The highest BCUT2D eigenvalue weighted by Crippen LogP contribution is 2.35. The standard InChI is InChI=1S/C31H44O6/c1-20-7-4-8-23(16-20)13-14-26(32)28-19-29-31(37-29)27(33)18-22(3)15-21(2)17-25-11-5-9-24(35-25)10-6-12-30(34)36-28/h5-7,9,12-14,21,23-29,31-33H,3-4,8,10-11,15-19H2,1-2H3/b12-6-,14-13+/t21-,23?,24-,25-,26-,27-,28-,29-,31-/m0/s1. The van der Waals surface area contributed by atoms with Crippen molar-refractivity contribution in [3.8, 4) is 0 Å². The van der Waals surface area contributed by atoms with Gasteiger partial charge in [0.2, 0.25) is 0 Å². The Hall–Kier alpha value is -1.99. The van der Waals surface area contributed by atoms with Crippen molar-refractivity contribution in [1.82, 2.24) is 0 Å². The summed E-state index contributed by atoms with van der Waals surface area (Å²) in [4.78, 5) is 12.7. The number of epoxide rings is 1. The zero-order valence-electron chi connectivity index (χ0n) is 22.3. The molecule has 0 spiro atoms. The van der Waals surface area contributed by atoms with Crippen molar-refractivity contribution in [3.63, 3.8) is 0 Å². The lowest BCUT2D eigenvalue weighted by Crippen LogP contribution is -2.32. The average molecular weight is 513 g/mol. The van der Waals surface area contributed by atoms with Crippen LogP contribution in [0.4, 0.5) is 0 Å². The Bertz CT molecular complexity index is 917.